The topological polar surface area (TPSA) is 67.8 Å². The maximum Gasteiger partial charge on any atom is 0.174 e. The zero-order chi connectivity index (χ0) is 14.5. The molecule has 0 aliphatic rings. The minimum Gasteiger partial charge on any atom is -0.497 e. The van der Waals surface area contributed by atoms with Gasteiger partial charge in [-0.15, -0.1) is 0 Å². The molecule has 0 atom stereocenters. The third-order valence-electron chi connectivity index (χ3n) is 2.61. The molecule has 0 saturated carbocycles. The van der Waals surface area contributed by atoms with E-state index in [-0.39, 0.29) is 11.4 Å². The van der Waals surface area contributed by atoms with Crippen LogP contribution in [0.5, 0.6) is 5.75 Å². The van der Waals surface area contributed by atoms with Crippen molar-refractivity contribution < 1.29 is 14.3 Å². The van der Waals surface area contributed by atoms with Crippen LogP contribution in [0.2, 0.25) is 0 Å². The van der Waals surface area contributed by atoms with E-state index in [1.807, 2.05) is 24.3 Å². The molecular weight excluding hydrogens is 279 g/mol. The molecule has 2 aromatic carbocycles. The van der Waals surface area contributed by atoms with Gasteiger partial charge in [-0.05, 0) is 30.3 Å². The Morgan fingerprint density at radius 3 is 2.75 bits per heavy atom. The summed E-state index contributed by atoms with van der Waals surface area (Å²) in [7, 11) is 1.58. The van der Waals surface area contributed by atoms with Crippen LogP contribution in [-0.2, 0) is 0 Å². The molecule has 0 fully saturated rings. The summed E-state index contributed by atoms with van der Waals surface area (Å²) in [5.74, 6) is -0.0848. The fourth-order valence-electron chi connectivity index (χ4n) is 1.68. The first-order valence-corrected chi connectivity index (χ1v) is 6.55. The summed E-state index contributed by atoms with van der Waals surface area (Å²) in [6, 6.07) is 11.9. The predicted octanol–water partition coefficient (Wildman–Crippen LogP) is 3.08. The van der Waals surface area contributed by atoms with Crippen molar-refractivity contribution in [2.24, 2.45) is 10.9 Å². The second-order valence-electron chi connectivity index (χ2n) is 3.88. The van der Waals surface area contributed by atoms with Gasteiger partial charge in [0.15, 0.2) is 5.84 Å². The minimum absolute atomic E-state index is 0.0859. The molecule has 20 heavy (non-hydrogen) atoms. The molecule has 0 aliphatic carbocycles. The van der Waals surface area contributed by atoms with E-state index in [0.29, 0.717) is 10.6 Å². The van der Waals surface area contributed by atoms with Gasteiger partial charge in [-0.1, -0.05) is 29.1 Å². The lowest BCUT2D eigenvalue weighted by Gasteiger charge is -2.09. The Bertz CT molecular complexity index is 647. The predicted molar refractivity (Wildman–Crippen MR) is 76.0 cm³/mol. The summed E-state index contributed by atoms with van der Waals surface area (Å²) in [6.45, 7) is 0. The molecule has 0 unspecified atom stereocenters. The van der Waals surface area contributed by atoms with E-state index in [1.54, 1.807) is 19.2 Å². The molecule has 4 nitrogen and oxygen atoms in total. The van der Waals surface area contributed by atoms with Crippen molar-refractivity contribution in [3.63, 3.8) is 0 Å². The number of oxime groups is 1. The van der Waals surface area contributed by atoms with Crippen LogP contribution in [0.15, 0.2) is 57.4 Å². The van der Waals surface area contributed by atoms with Gasteiger partial charge in [-0.25, -0.2) is 4.39 Å². The van der Waals surface area contributed by atoms with E-state index in [2.05, 4.69) is 5.16 Å². The van der Waals surface area contributed by atoms with Gasteiger partial charge in [0.1, 0.15) is 11.6 Å². The number of nitrogens with two attached hydrogens (primary N) is 1. The van der Waals surface area contributed by atoms with Crippen LogP contribution in [0, 0.1) is 5.82 Å². The van der Waals surface area contributed by atoms with E-state index in [9.17, 15) is 4.39 Å². The molecule has 104 valence electrons. The summed E-state index contributed by atoms with van der Waals surface area (Å²) in [5.41, 5.74) is 5.61. The summed E-state index contributed by atoms with van der Waals surface area (Å²) >= 11 is 1.31. The summed E-state index contributed by atoms with van der Waals surface area (Å²) < 4.78 is 19.0. The number of methoxy groups -OCH3 is 1. The molecule has 2 rings (SSSR count). The molecule has 0 bridgehead atoms. The lowest BCUT2D eigenvalue weighted by atomic mass is 10.2. The molecule has 0 heterocycles. The third kappa shape index (κ3) is 3.03. The Hall–Kier alpha value is -2.21. The van der Waals surface area contributed by atoms with E-state index in [4.69, 9.17) is 15.7 Å². The van der Waals surface area contributed by atoms with Crippen LogP contribution in [0.4, 0.5) is 4.39 Å². The van der Waals surface area contributed by atoms with Gasteiger partial charge in [-0.3, -0.25) is 0 Å². The van der Waals surface area contributed by atoms with Crippen molar-refractivity contribution in [3.05, 3.63) is 53.8 Å². The Kier molecular flexibility index (Phi) is 4.47. The van der Waals surface area contributed by atoms with Crippen molar-refractivity contribution >= 4 is 17.6 Å². The fourth-order valence-corrected chi connectivity index (χ4v) is 2.71. The minimum atomic E-state index is -0.534. The molecular formula is C14H13FN2O2S. The summed E-state index contributed by atoms with van der Waals surface area (Å²) in [5, 5.41) is 11.6. The zero-order valence-corrected chi connectivity index (χ0v) is 11.5. The second-order valence-corrected chi connectivity index (χ2v) is 4.99. The number of halogens is 1. The molecule has 0 amide bonds. The van der Waals surface area contributed by atoms with Crippen LogP contribution in [-0.4, -0.2) is 18.2 Å². The van der Waals surface area contributed by atoms with Gasteiger partial charge in [0.2, 0.25) is 0 Å². The molecule has 0 radical (unpaired) electrons. The molecule has 0 spiro atoms. The second kappa shape index (κ2) is 6.29. The number of rotatable bonds is 4. The smallest absolute Gasteiger partial charge is 0.174 e. The lowest BCUT2D eigenvalue weighted by Crippen LogP contribution is -2.16. The highest BCUT2D eigenvalue weighted by atomic mass is 32.2. The van der Waals surface area contributed by atoms with Crippen LogP contribution in [0.25, 0.3) is 0 Å². The molecule has 0 aromatic heterocycles. The van der Waals surface area contributed by atoms with Crippen LogP contribution < -0.4 is 10.5 Å². The van der Waals surface area contributed by atoms with Gasteiger partial charge >= 0.3 is 0 Å². The summed E-state index contributed by atoms with van der Waals surface area (Å²) in [6.07, 6.45) is 0. The van der Waals surface area contributed by atoms with E-state index in [0.717, 1.165) is 4.90 Å². The van der Waals surface area contributed by atoms with Crippen molar-refractivity contribution in [2.45, 2.75) is 9.79 Å². The van der Waals surface area contributed by atoms with Gasteiger partial charge < -0.3 is 15.7 Å². The molecule has 0 aliphatic heterocycles. The zero-order valence-electron chi connectivity index (χ0n) is 10.7. The third-order valence-corrected chi connectivity index (χ3v) is 3.66. The normalized spacial score (nSPS) is 11.4. The first kappa shape index (κ1) is 14.2. The largest absolute Gasteiger partial charge is 0.497 e. The van der Waals surface area contributed by atoms with Crippen molar-refractivity contribution in [1.29, 1.82) is 0 Å². The average molecular weight is 292 g/mol. The van der Waals surface area contributed by atoms with Crippen LogP contribution in [0.3, 0.4) is 0 Å². The van der Waals surface area contributed by atoms with Gasteiger partial charge in [-0.2, -0.15) is 0 Å². The quantitative estimate of drug-likeness (QED) is 0.393. The van der Waals surface area contributed by atoms with Crippen molar-refractivity contribution in [2.75, 3.05) is 7.11 Å². The van der Waals surface area contributed by atoms with Crippen molar-refractivity contribution in [1.82, 2.24) is 0 Å². The highest BCUT2D eigenvalue weighted by molar-refractivity contribution is 7.99. The molecule has 6 heteroatoms. The van der Waals surface area contributed by atoms with Crippen molar-refractivity contribution in [3.8, 4) is 5.75 Å². The molecule has 2 aromatic rings. The Morgan fingerprint density at radius 1 is 1.30 bits per heavy atom. The standard InChI is InChI=1S/C14H13FN2O2S/c1-19-9-4-2-5-10(8-9)20-12-7-3-6-11(15)13(12)14(16)17-18/h2-8,18H,1H3,(H2,16,17). The first-order valence-electron chi connectivity index (χ1n) is 5.74. The number of nitrogens with zero attached hydrogens (tertiary/aromatic N) is 1. The first-order chi connectivity index (χ1) is 9.65. The lowest BCUT2D eigenvalue weighted by molar-refractivity contribution is 0.318. The number of benzene rings is 2. The Labute approximate surface area is 120 Å². The number of hydrogen-bond donors (Lipinski definition) is 2. The SMILES string of the molecule is COc1cccc(Sc2cccc(F)c2C(N)=NO)c1. The highest BCUT2D eigenvalue weighted by Crippen LogP contribution is 2.33. The van der Waals surface area contributed by atoms with Crippen LogP contribution >= 0.6 is 11.8 Å². The van der Waals surface area contributed by atoms with Gasteiger partial charge in [0, 0.05) is 9.79 Å². The van der Waals surface area contributed by atoms with Gasteiger partial charge in [0.05, 0.1) is 12.7 Å². The van der Waals surface area contributed by atoms with Gasteiger partial charge in [0.25, 0.3) is 0 Å². The van der Waals surface area contributed by atoms with E-state index >= 15 is 0 Å². The fraction of sp³-hybridized carbons (Fsp3) is 0.0714. The maximum absolute atomic E-state index is 13.8. The number of hydrogen-bond acceptors (Lipinski definition) is 4. The Balaban J connectivity index is 2.40. The average Bonchev–Trinajstić information content (AvgIpc) is 2.47. The molecule has 3 N–H and O–H groups in total. The number of ether oxygens (including phenoxy) is 1. The molecule has 0 saturated heterocycles. The van der Waals surface area contributed by atoms with E-state index in [1.165, 1.54) is 17.8 Å². The highest BCUT2D eigenvalue weighted by Gasteiger charge is 2.14. The van der Waals surface area contributed by atoms with Crippen LogP contribution in [0.1, 0.15) is 5.56 Å². The monoisotopic (exact) mass is 292 g/mol. The van der Waals surface area contributed by atoms with E-state index < -0.39 is 5.82 Å². The summed E-state index contributed by atoms with van der Waals surface area (Å²) in [4.78, 5) is 1.43. The number of amidine groups is 1. The maximum atomic E-state index is 13.8. The Morgan fingerprint density at radius 2 is 2.05 bits per heavy atom.